The normalized spacial score (nSPS) is 11.0. The Bertz CT molecular complexity index is 640. The molecule has 3 aromatic rings. The van der Waals surface area contributed by atoms with Gasteiger partial charge in [0.2, 0.25) is 0 Å². The van der Waals surface area contributed by atoms with Crippen molar-refractivity contribution in [2.75, 3.05) is 6.16 Å². The number of aromatic nitrogens is 3. The minimum absolute atomic E-state index is 0.342. The van der Waals surface area contributed by atoms with Crippen LogP contribution in [0.1, 0.15) is 5.69 Å². The standard InChI is InChI=1S/C17H18N3P/c1-20-14-15(18-19-20)12-13-21(16-8-4-2-5-9-16)17-10-6-3-7-11-17/h2-11,14H,12-13H2,1H3. The fourth-order valence-corrected chi connectivity index (χ4v) is 4.69. The molecule has 0 aliphatic rings. The Hall–Kier alpha value is -1.99. The van der Waals surface area contributed by atoms with Crippen LogP contribution in [-0.2, 0) is 13.5 Å². The molecule has 0 N–H and O–H groups in total. The summed E-state index contributed by atoms with van der Waals surface area (Å²) < 4.78 is 1.77. The SMILES string of the molecule is Cn1cc(CCP(c2ccccc2)c2ccccc2)nn1. The van der Waals surface area contributed by atoms with Gasteiger partial charge in [-0.3, -0.25) is 4.68 Å². The summed E-state index contributed by atoms with van der Waals surface area (Å²) in [7, 11) is 1.57. The average Bonchev–Trinajstić information content (AvgIpc) is 2.95. The van der Waals surface area contributed by atoms with E-state index in [0.29, 0.717) is 0 Å². The fourth-order valence-electron chi connectivity index (χ4n) is 2.36. The molecule has 0 saturated carbocycles. The maximum Gasteiger partial charge on any atom is 0.0830 e. The van der Waals surface area contributed by atoms with Crippen LogP contribution in [0.5, 0.6) is 0 Å². The predicted octanol–water partition coefficient (Wildman–Crippen LogP) is 2.49. The molecule has 0 amide bonds. The maximum atomic E-state index is 4.20. The number of rotatable bonds is 5. The van der Waals surface area contributed by atoms with Gasteiger partial charge < -0.3 is 0 Å². The Morgan fingerprint density at radius 1 is 0.905 bits per heavy atom. The van der Waals surface area contributed by atoms with Gasteiger partial charge in [0.1, 0.15) is 0 Å². The number of aryl methyl sites for hydroxylation is 2. The Morgan fingerprint density at radius 2 is 1.48 bits per heavy atom. The van der Waals surface area contributed by atoms with Crippen LogP contribution < -0.4 is 10.6 Å². The highest BCUT2D eigenvalue weighted by Crippen LogP contribution is 2.33. The minimum Gasteiger partial charge on any atom is -0.255 e. The van der Waals surface area contributed by atoms with Gasteiger partial charge in [-0.15, -0.1) is 5.10 Å². The first kappa shape index (κ1) is 14.0. The predicted molar refractivity (Wildman–Crippen MR) is 88.6 cm³/mol. The topological polar surface area (TPSA) is 30.7 Å². The van der Waals surface area contributed by atoms with Crippen LogP contribution in [0.3, 0.4) is 0 Å². The van der Waals surface area contributed by atoms with Gasteiger partial charge in [0.25, 0.3) is 0 Å². The quantitative estimate of drug-likeness (QED) is 0.677. The molecule has 106 valence electrons. The number of hydrogen-bond acceptors (Lipinski definition) is 2. The van der Waals surface area contributed by atoms with E-state index < -0.39 is 0 Å². The summed E-state index contributed by atoms with van der Waals surface area (Å²) in [5.74, 6) is 0. The van der Waals surface area contributed by atoms with Crippen molar-refractivity contribution in [2.24, 2.45) is 7.05 Å². The Kier molecular flexibility index (Phi) is 4.42. The molecule has 3 nitrogen and oxygen atoms in total. The summed E-state index contributed by atoms with van der Waals surface area (Å²) in [6.45, 7) is 0. The summed E-state index contributed by atoms with van der Waals surface area (Å²) in [6.07, 6.45) is 4.06. The van der Waals surface area contributed by atoms with Crippen molar-refractivity contribution in [1.82, 2.24) is 15.0 Å². The molecule has 0 saturated heterocycles. The highest BCUT2D eigenvalue weighted by atomic mass is 31.1. The first-order valence-electron chi connectivity index (χ1n) is 7.06. The van der Waals surface area contributed by atoms with Crippen LogP contribution in [0, 0.1) is 0 Å². The van der Waals surface area contributed by atoms with E-state index in [1.807, 2.05) is 13.2 Å². The van der Waals surface area contributed by atoms with Crippen molar-refractivity contribution in [1.29, 1.82) is 0 Å². The van der Waals surface area contributed by atoms with E-state index in [9.17, 15) is 0 Å². The summed E-state index contributed by atoms with van der Waals surface area (Å²) in [5.41, 5.74) is 1.07. The number of nitrogens with zero attached hydrogens (tertiary/aromatic N) is 3. The molecular weight excluding hydrogens is 277 g/mol. The Morgan fingerprint density at radius 3 is 1.95 bits per heavy atom. The summed E-state index contributed by atoms with van der Waals surface area (Å²) in [6, 6.07) is 21.6. The zero-order valence-corrected chi connectivity index (χ0v) is 12.9. The van der Waals surface area contributed by atoms with E-state index in [1.165, 1.54) is 10.6 Å². The lowest BCUT2D eigenvalue weighted by Crippen LogP contribution is -2.14. The lowest BCUT2D eigenvalue weighted by molar-refractivity contribution is 0.713. The molecular formula is C17H18N3P. The monoisotopic (exact) mass is 295 g/mol. The van der Waals surface area contributed by atoms with Crippen LogP contribution in [0.2, 0.25) is 0 Å². The largest absolute Gasteiger partial charge is 0.255 e. The van der Waals surface area contributed by atoms with Gasteiger partial charge in [-0.2, -0.15) is 0 Å². The summed E-state index contributed by atoms with van der Waals surface area (Å²) in [5, 5.41) is 11.1. The fraction of sp³-hybridized carbons (Fsp3) is 0.176. The molecule has 3 rings (SSSR count). The van der Waals surface area contributed by atoms with Gasteiger partial charge in [0.15, 0.2) is 0 Å². The van der Waals surface area contributed by atoms with E-state index >= 15 is 0 Å². The second-order valence-corrected chi connectivity index (χ2v) is 7.29. The Labute approximate surface area is 126 Å². The third-order valence-electron chi connectivity index (χ3n) is 3.38. The average molecular weight is 295 g/mol. The second-order valence-electron chi connectivity index (χ2n) is 4.96. The molecule has 0 fully saturated rings. The van der Waals surface area contributed by atoms with Crippen molar-refractivity contribution >= 4 is 18.5 Å². The zero-order chi connectivity index (χ0) is 14.5. The van der Waals surface area contributed by atoms with Crippen molar-refractivity contribution in [3.63, 3.8) is 0 Å². The van der Waals surface area contributed by atoms with E-state index in [1.54, 1.807) is 4.68 Å². The van der Waals surface area contributed by atoms with Crippen LogP contribution in [-0.4, -0.2) is 21.2 Å². The van der Waals surface area contributed by atoms with Gasteiger partial charge in [0.05, 0.1) is 5.69 Å². The molecule has 0 unspecified atom stereocenters. The lowest BCUT2D eigenvalue weighted by atomic mass is 10.4. The van der Waals surface area contributed by atoms with E-state index in [0.717, 1.165) is 18.3 Å². The van der Waals surface area contributed by atoms with Crippen molar-refractivity contribution in [3.05, 3.63) is 72.6 Å². The first-order chi connectivity index (χ1) is 10.3. The zero-order valence-electron chi connectivity index (χ0n) is 12.1. The van der Waals surface area contributed by atoms with E-state index in [2.05, 4.69) is 71.0 Å². The molecule has 1 aromatic heterocycles. The highest BCUT2D eigenvalue weighted by molar-refractivity contribution is 7.73. The number of benzene rings is 2. The molecule has 4 heteroatoms. The molecule has 0 spiro atoms. The van der Waals surface area contributed by atoms with E-state index in [-0.39, 0.29) is 7.92 Å². The van der Waals surface area contributed by atoms with Crippen molar-refractivity contribution in [3.8, 4) is 0 Å². The molecule has 21 heavy (non-hydrogen) atoms. The third-order valence-corrected chi connectivity index (χ3v) is 5.89. The molecule has 0 aliphatic heterocycles. The van der Waals surface area contributed by atoms with Gasteiger partial charge in [0, 0.05) is 13.2 Å². The highest BCUT2D eigenvalue weighted by Gasteiger charge is 2.14. The van der Waals surface area contributed by atoms with Crippen LogP contribution in [0.4, 0.5) is 0 Å². The molecule has 0 radical (unpaired) electrons. The number of hydrogen-bond donors (Lipinski definition) is 0. The first-order valence-corrected chi connectivity index (χ1v) is 8.58. The smallest absolute Gasteiger partial charge is 0.0830 e. The van der Waals surface area contributed by atoms with E-state index in [4.69, 9.17) is 0 Å². The van der Waals surface area contributed by atoms with Crippen LogP contribution >= 0.6 is 7.92 Å². The van der Waals surface area contributed by atoms with Crippen molar-refractivity contribution in [2.45, 2.75) is 6.42 Å². The van der Waals surface area contributed by atoms with Gasteiger partial charge in [-0.1, -0.05) is 65.9 Å². The van der Waals surface area contributed by atoms with Crippen LogP contribution in [0.25, 0.3) is 0 Å². The summed E-state index contributed by atoms with van der Waals surface area (Å²) in [4.78, 5) is 0. The Balaban J connectivity index is 1.83. The van der Waals surface area contributed by atoms with Crippen LogP contribution in [0.15, 0.2) is 66.9 Å². The van der Waals surface area contributed by atoms with Gasteiger partial charge in [-0.05, 0) is 31.1 Å². The van der Waals surface area contributed by atoms with Gasteiger partial charge >= 0.3 is 0 Å². The molecule has 0 atom stereocenters. The maximum absolute atomic E-state index is 4.20. The summed E-state index contributed by atoms with van der Waals surface area (Å²) >= 11 is 0. The molecule has 0 aliphatic carbocycles. The molecule has 2 aromatic carbocycles. The third kappa shape index (κ3) is 3.56. The second kappa shape index (κ2) is 6.64. The van der Waals surface area contributed by atoms with Gasteiger partial charge in [-0.25, -0.2) is 0 Å². The van der Waals surface area contributed by atoms with Crippen molar-refractivity contribution < 1.29 is 0 Å². The molecule has 0 bridgehead atoms. The lowest BCUT2D eigenvalue weighted by Gasteiger charge is -2.18. The minimum atomic E-state index is -0.342. The molecule has 1 heterocycles.